The Morgan fingerprint density at radius 2 is 1.94 bits per heavy atom. The highest BCUT2D eigenvalue weighted by molar-refractivity contribution is 6.34. The number of methoxy groups -OCH3 is 1. The Kier molecular flexibility index (Phi) is 8.92. The Morgan fingerprint density at radius 1 is 1.19 bits per heavy atom. The summed E-state index contributed by atoms with van der Waals surface area (Å²) in [6.45, 7) is 4.37. The van der Waals surface area contributed by atoms with Crippen molar-refractivity contribution >= 4 is 35.2 Å². The van der Waals surface area contributed by atoms with Crippen LogP contribution in [0.1, 0.15) is 36.2 Å². The monoisotopic (exact) mass is 442 g/mol. The molecule has 0 unspecified atom stereocenters. The largest absolute Gasteiger partial charge is 0.496 e. The van der Waals surface area contributed by atoms with Gasteiger partial charge in [-0.3, -0.25) is 4.79 Å². The highest BCUT2D eigenvalue weighted by atomic mass is 35.5. The van der Waals surface area contributed by atoms with Crippen LogP contribution in [0, 0.1) is 11.3 Å². The quantitative estimate of drug-likeness (QED) is 0.338. The standard InChI is InChI=1S/C23H23ClN2O5/c1-4-10-31-20-9-7-6-8-15(20)11-16(14-25)22(27)26-19-13-21(29-3)17(12-18(19)24)23(28)30-5-2/h6-9,11-13H,4-5,10H2,1-3H3,(H,26,27)/b16-11+. The summed E-state index contributed by atoms with van der Waals surface area (Å²) in [5.74, 6) is -0.511. The van der Waals surface area contributed by atoms with Crippen molar-refractivity contribution in [3.63, 3.8) is 0 Å². The molecule has 1 N–H and O–H groups in total. The third-order valence-electron chi connectivity index (χ3n) is 4.08. The van der Waals surface area contributed by atoms with E-state index in [2.05, 4.69) is 5.32 Å². The molecule has 0 aliphatic carbocycles. The number of nitrogens with zero attached hydrogens (tertiary/aromatic N) is 1. The fourth-order valence-electron chi connectivity index (χ4n) is 2.62. The number of anilines is 1. The van der Waals surface area contributed by atoms with E-state index in [4.69, 9.17) is 25.8 Å². The third-order valence-corrected chi connectivity index (χ3v) is 4.39. The molecular formula is C23H23ClN2O5. The minimum Gasteiger partial charge on any atom is -0.496 e. The molecule has 0 aliphatic heterocycles. The van der Waals surface area contributed by atoms with Crippen molar-refractivity contribution in [1.29, 1.82) is 5.26 Å². The number of amides is 1. The van der Waals surface area contributed by atoms with E-state index in [1.165, 1.54) is 25.3 Å². The number of esters is 1. The van der Waals surface area contributed by atoms with Crippen LogP contribution < -0.4 is 14.8 Å². The zero-order chi connectivity index (χ0) is 22.8. The van der Waals surface area contributed by atoms with Gasteiger partial charge >= 0.3 is 5.97 Å². The van der Waals surface area contributed by atoms with E-state index in [1.807, 2.05) is 19.1 Å². The molecule has 0 spiro atoms. The molecule has 0 radical (unpaired) electrons. The lowest BCUT2D eigenvalue weighted by molar-refractivity contribution is -0.112. The van der Waals surface area contributed by atoms with Crippen molar-refractivity contribution in [3.8, 4) is 17.6 Å². The van der Waals surface area contributed by atoms with Crippen LogP contribution in [-0.2, 0) is 9.53 Å². The Hall–Kier alpha value is -3.50. The predicted octanol–water partition coefficient (Wildman–Crippen LogP) is 4.86. The van der Waals surface area contributed by atoms with Crippen LogP contribution in [0.15, 0.2) is 42.0 Å². The average molecular weight is 443 g/mol. The molecule has 0 aliphatic rings. The van der Waals surface area contributed by atoms with Gasteiger partial charge in [-0.2, -0.15) is 5.26 Å². The summed E-state index contributed by atoms with van der Waals surface area (Å²) in [5, 5.41) is 12.2. The van der Waals surface area contributed by atoms with E-state index in [1.54, 1.807) is 25.1 Å². The number of hydrogen-bond donors (Lipinski definition) is 1. The SMILES string of the molecule is CCCOc1ccccc1/C=C(\C#N)C(=O)Nc1cc(OC)c(C(=O)OCC)cc1Cl. The first-order chi connectivity index (χ1) is 14.9. The molecular weight excluding hydrogens is 420 g/mol. The second-order valence-corrected chi connectivity index (χ2v) is 6.67. The molecule has 7 nitrogen and oxygen atoms in total. The van der Waals surface area contributed by atoms with Gasteiger partial charge in [0, 0.05) is 11.6 Å². The number of rotatable bonds is 9. The van der Waals surface area contributed by atoms with Crippen LogP contribution in [-0.4, -0.2) is 32.2 Å². The summed E-state index contributed by atoms with van der Waals surface area (Å²) in [4.78, 5) is 24.8. The molecule has 0 bridgehead atoms. The van der Waals surface area contributed by atoms with E-state index >= 15 is 0 Å². The summed E-state index contributed by atoms with van der Waals surface area (Å²) in [6.07, 6.45) is 2.27. The molecule has 0 heterocycles. The number of hydrogen-bond acceptors (Lipinski definition) is 6. The second kappa shape index (κ2) is 11.6. The van der Waals surface area contributed by atoms with Crippen molar-refractivity contribution in [3.05, 3.63) is 58.1 Å². The Labute approximate surface area is 186 Å². The van der Waals surface area contributed by atoms with Gasteiger partial charge in [0.25, 0.3) is 5.91 Å². The van der Waals surface area contributed by atoms with Gasteiger partial charge in [0.15, 0.2) is 0 Å². The highest BCUT2D eigenvalue weighted by Gasteiger charge is 2.19. The number of nitrogens with one attached hydrogen (secondary N) is 1. The van der Waals surface area contributed by atoms with Gasteiger partial charge in [-0.1, -0.05) is 36.7 Å². The Bertz CT molecular complexity index is 1030. The summed E-state index contributed by atoms with van der Waals surface area (Å²) in [5.41, 5.74) is 0.777. The van der Waals surface area contributed by atoms with E-state index in [0.29, 0.717) is 17.9 Å². The molecule has 1 amide bonds. The van der Waals surface area contributed by atoms with Crippen LogP contribution in [0.25, 0.3) is 6.08 Å². The fourth-order valence-corrected chi connectivity index (χ4v) is 2.83. The zero-order valence-corrected chi connectivity index (χ0v) is 18.3. The van der Waals surface area contributed by atoms with E-state index in [-0.39, 0.29) is 34.2 Å². The smallest absolute Gasteiger partial charge is 0.341 e. The topological polar surface area (TPSA) is 97.6 Å². The van der Waals surface area contributed by atoms with Gasteiger partial charge in [0.1, 0.15) is 28.7 Å². The normalized spacial score (nSPS) is 10.7. The number of ether oxygens (including phenoxy) is 3. The van der Waals surface area contributed by atoms with E-state index in [0.717, 1.165) is 6.42 Å². The number of carbonyl (C=O) groups is 2. The Balaban J connectivity index is 2.32. The van der Waals surface area contributed by atoms with Gasteiger partial charge < -0.3 is 19.5 Å². The maximum absolute atomic E-state index is 12.7. The lowest BCUT2D eigenvalue weighted by Crippen LogP contribution is -2.15. The molecule has 0 fully saturated rings. The second-order valence-electron chi connectivity index (χ2n) is 6.26. The van der Waals surface area contributed by atoms with Crippen molar-refractivity contribution < 1.29 is 23.8 Å². The highest BCUT2D eigenvalue weighted by Crippen LogP contribution is 2.32. The van der Waals surface area contributed by atoms with Crippen LogP contribution in [0.4, 0.5) is 5.69 Å². The van der Waals surface area contributed by atoms with Crippen LogP contribution >= 0.6 is 11.6 Å². The molecule has 2 aromatic rings. The van der Waals surface area contributed by atoms with Crippen molar-refractivity contribution in [2.24, 2.45) is 0 Å². The lowest BCUT2D eigenvalue weighted by Gasteiger charge is -2.13. The first kappa shape index (κ1) is 23.8. The van der Waals surface area contributed by atoms with Crippen molar-refractivity contribution in [1.82, 2.24) is 0 Å². The van der Waals surface area contributed by atoms with Gasteiger partial charge in [0.05, 0.1) is 31.0 Å². The number of benzene rings is 2. The van der Waals surface area contributed by atoms with Gasteiger partial charge in [-0.05, 0) is 31.6 Å². The molecule has 31 heavy (non-hydrogen) atoms. The first-order valence-corrected chi connectivity index (χ1v) is 10.0. The summed E-state index contributed by atoms with van der Waals surface area (Å²) in [6, 6.07) is 11.8. The molecule has 0 aromatic heterocycles. The van der Waals surface area contributed by atoms with E-state index in [9.17, 15) is 14.9 Å². The third kappa shape index (κ3) is 6.24. The molecule has 0 saturated carbocycles. The Morgan fingerprint density at radius 3 is 2.58 bits per heavy atom. The molecule has 2 aromatic carbocycles. The predicted molar refractivity (Wildman–Crippen MR) is 118 cm³/mol. The van der Waals surface area contributed by atoms with Gasteiger partial charge in [0.2, 0.25) is 0 Å². The number of halogens is 1. The van der Waals surface area contributed by atoms with Crippen molar-refractivity contribution in [2.45, 2.75) is 20.3 Å². The lowest BCUT2D eigenvalue weighted by atomic mass is 10.1. The maximum Gasteiger partial charge on any atom is 0.341 e. The summed E-state index contributed by atoms with van der Waals surface area (Å²) < 4.78 is 15.9. The number of carbonyl (C=O) groups excluding carboxylic acids is 2. The summed E-state index contributed by atoms with van der Waals surface area (Å²) >= 11 is 6.24. The fraction of sp³-hybridized carbons (Fsp3) is 0.261. The van der Waals surface area contributed by atoms with Crippen LogP contribution in [0.2, 0.25) is 5.02 Å². The number of nitriles is 1. The minimum atomic E-state index is -0.666. The van der Waals surface area contributed by atoms with Crippen molar-refractivity contribution in [2.75, 3.05) is 25.6 Å². The first-order valence-electron chi connectivity index (χ1n) is 9.64. The minimum absolute atomic E-state index is 0.0983. The van der Waals surface area contributed by atoms with Gasteiger partial charge in [-0.25, -0.2) is 4.79 Å². The molecule has 0 saturated heterocycles. The number of para-hydroxylation sites is 1. The molecule has 8 heteroatoms. The maximum atomic E-state index is 12.7. The molecule has 0 atom stereocenters. The summed E-state index contributed by atoms with van der Waals surface area (Å²) in [7, 11) is 1.38. The van der Waals surface area contributed by atoms with Crippen LogP contribution in [0.3, 0.4) is 0 Å². The average Bonchev–Trinajstić information content (AvgIpc) is 2.77. The van der Waals surface area contributed by atoms with Crippen LogP contribution in [0.5, 0.6) is 11.5 Å². The molecule has 2 rings (SSSR count). The van der Waals surface area contributed by atoms with Gasteiger partial charge in [-0.15, -0.1) is 0 Å². The van der Waals surface area contributed by atoms with E-state index < -0.39 is 11.9 Å². The zero-order valence-electron chi connectivity index (χ0n) is 17.5. The molecule has 162 valence electrons.